The van der Waals surface area contributed by atoms with E-state index in [2.05, 4.69) is 43.0 Å². The van der Waals surface area contributed by atoms with Crippen molar-refractivity contribution in [2.75, 3.05) is 6.54 Å². The van der Waals surface area contributed by atoms with Gasteiger partial charge in [0.25, 0.3) is 0 Å². The van der Waals surface area contributed by atoms with Gasteiger partial charge in [-0.3, -0.25) is 9.69 Å². The number of Topliss-reactive ketones (excluding diaryl/α,β-unsaturated/α-hetero) is 1. The zero-order valence-corrected chi connectivity index (χ0v) is 10.9. The Morgan fingerprint density at radius 2 is 1.82 bits per heavy atom. The van der Waals surface area contributed by atoms with Gasteiger partial charge in [0.2, 0.25) is 0 Å². The van der Waals surface area contributed by atoms with Crippen LogP contribution in [0.15, 0.2) is 30.3 Å². The molecule has 2 rings (SSSR count). The largest absolute Gasteiger partial charge is 0.299 e. The molecular formula is C15H21NO. The van der Waals surface area contributed by atoms with Crippen LogP contribution in [0.2, 0.25) is 0 Å². The van der Waals surface area contributed by atoms with Gasteiger partial charge in [0.15, 0.2) is 0 Å². The average Bonchev–Trinajstić information content (AvgIpc) is 2.35. The van der Waals surface area contributed by atoms with Crippen molar-refractivity contribution in [3.63, 3.8) is 0 Å². The maximum Gasteiger partial charge on any atom is 0.141 e. The van der Waals surface area contributed by atoms with Gasteiger partial charge in [-0.15, -0.1) is 0 Å². The van der Waals surface area contributed by atoms with Crippen molar-refractivity contribution in [3.05, 3.63) is 35.9 Å². The van der Waals surface area contributed by atoms with Crippen molar-refractivity contribution in [2.45, 2.75) is 33.4 Å². The molecule has 2 nitrogen and oxygen atoms in total. The second-order valence-corrected chi connectivity index (χ2v) is 5.25. The van der Waals surface area contributed by atoms with E-state index in [0.717, 1.165) is 13.1 Å². The van der Waals surface area contributed by atoms with E-state index in [9.17, 15) is 4.79 Å². The van der Waals surface area contributed by atoms with E-state index in [-0.39, 0.29) is 11.8 Å². The molecule has 0 aromatic heterocycles. The molecule has 0 radical (unpaired) electrons. The van der Waals surface area contributed by atoms with Crippen molar-refractivity contribution in [1.82, 2.24) is 4.90 Å². The minimum absolute atomic E-state index is 0.155. The number of hydrogen-bond acceptors (Lipinski definition) is 2. The molecule has 1 saturated heterocycles. The normalized spacial score (nSPS) is 30.5. The minimum atomic E-state index is 0.155. The predicted molar refractivity (Wildman–Crippen MR) is 69.6 cm³/mol. The fourth-order valence-electron chi connectivity index (χ4n) is 2.64. The Balaban J connectivity index is 2.09. The lowest BCUT2D eigenvalue weighted by Crippen LogP contribution is -2.50. The number of benzene rings is 1. The van der Waals surface area contributed by atoms with Gasteiger partial charge in [-0.05, 0) is 12.5 Å². The highest BCUT2D eigenvalue weighted by atomic mass is 16.1. The third kappa shape index (κ3) is 2.58. The maximum absolute atomic E-state index is 11.9. The average molecular weight is 231 g/mol. The Kier molecular flexibility index (Phi) is 3.63. The van der Waals surface area contributed by atoms with E-state index in [0.29, 0.717) is 11.8 Å². The van der Waals surface area contributed by atoms with Crippen molar-refractivity contribution >= 4 is 5.78 Å². The predicted octanol–water partition coefficient (Wildman–Crippen LogP) is 2.73. The first kappa shape index (κ1) is 12.3. The number of nitrogens with zero attached hydrogens (tertiary/aromatic N) is 1. The number of ketones is 1. The van der Waals surface area contributed by atoms with Gasteiger partial charge in [-0.25, -0.2) is 0 Å². The summed E-state index contributed by atoms with van der Waals surface area (Å²) in [6, 6.07) is 10.8. The number of carbonyl (C=O) groups is 1. The molecular weight excluding hydrogens is 210 g/mol. The van der Waals surface area contributed by atoms with Gasteiger partial charge in [-0.2, -0.15) is 0 Å². The first-order valence-electron chi connectivity index (χ1n) is 6.41. The standard InChI is InChI=1S/C15H21NO/c1-11-9-16(13(3)12(2)15(11)17)10-14-7-5-4-6-8-14/h4-8,11-13H,9-10H2,1-3H3/t11-,12-,13+/m0/s1. The number of piperidine rings is 1. The van der Waals surface area contributed by atoms with Crippen molar-refractivity contribution in [3.8, 4) is 0 Å². The molecule has 3 atom stereocenters. The number of likely N-dealkylation sites (tertiary alicyclic amines) is 1. The highest BCUT2D eigenvalue weighted by Gasteiger charge is 2.35. The van der Waals surface area contributed by atoms with E-state index >= 15 is 0 Å². The molecule has 0 amide bonds. The number of carbonyl (C=O) groups excluding carboxylic acids is 1. The second-order valence-electron chi connectivity index (χ2n) is 5.25. The quantitative estimate of drug-likeness (QED) is 0.780. The summed E-state index contributed by atoms with van der Waals surface area (Å²) >= 11 is 0. The van der Waals surface area contributed by atoms with Gasteiger partial charge in [0.1, 0.15) is 5.78 Å². The summed E-state index contributed by atoms with van der Waals surface area (Å²) in [5.74, 6) is 0.745. The fourth-order valence-corrected chi connectivity index (χ4v) is 2.64. The van der Waals surface area contributed by atoms with Crippen molar-refractivity contribution in [1.29, 1.82) is 0 Å². The molecule has 0 N–H and O–H groups in total. The smallest absolute Gasteiger partial charge is 0.141 e. The van der Waals surface area contributed by atoms with Gasteiger partial charge < -0.3 is 0 Å². The van der Waals surface area contributed by atoms with Crippen LogP contribution in [0.1, 0.15) is 26.3 Å². The van der Waals surface area contributed by atoms with Gasteiger partial charge in [0.05, 0.1) is 0 Å². The lowest BCUT2D eigenvalue weighted by molar-refractivity contribution is -0.133. The highest BCUT2D eigenvalue weighted by molar-refractivity contribution is 5.84. The zero-order chi connectivity index (χ0) is 12.4. The summed E-state index contributed by atoms with van der Waals surface area (Å²) in [7, 11) is 0. The highest BCUT2D eigenvalue weighted by Crippen LogP contribution is 2.25. The summed E-state index contributed by atoms with van der Waals surface area (Å²) in [5, 5.41) is 0. The molecule has 0 unspecified atom stereocenters. The van der Waals surface area contributed by atoms with Gasteiger partial charge in [0, 0.05) is 31.0 Å². The van der Waals surface area contributed by atoms with Crippen LogP contribution in [-0.2, 0) is 11.3 Å². The number of hydrogen-bond donors (Lipinski definition) is 0. The van der Waals surface area contributed by atoms with E-state index < -0.39 is 0 Å². The van der Waals surface area contributed by atoms with E-state index in [1.807, 2.05) is 13.0 Å². The molecule has 17 heavy (non-hydrogen) atoms. The van der Waals surface area contributed by atoms with Crippen LogP contribution < -0.4 is 0 Å². The van der Waals surface area contributed by atoms with Crippen LogP contribution in [0, 0.1) is 11.8 Å². The molecule has 1 aliphatic heterocycles. The molecule has 1 heterocycles. The molecule has 92 valence electrons. The summed E-state index contributed by atoms with van der Waals surface area (Å²) in [6.45, 7) is 8.10. The lowest BCUT2D eigenvalue weighted by Gasteiger charge is -2.40. The maximum atomic E-state index is 11.9. The third-order valence-electron chi connectivity index (χ3n) is 3.97. The summed E-state index contributed by atoms with van der Waals surface area (Å²) in [5.41, 5.74) is 1.33. The fraction of sp³-hybridized carbons (Fsp3) is 0.533. The molecule has 1 fully saturated rings. The summed E-state index contributed by atoms with van der Waals surface area (Å²) < 4.78 is 0. The Labute approximate surface area is 104 Å². The SMILES string of the molecule is C[C@@H]1C(=O)[C@@H](C)CN(Cc2ccccc2)[C@@H]1C. The Hall–Kier alpha value is -1.15. The summed E-state index contributed by atoms with van der Waals surface area (Å²) in [4.78, 5) is 14.3. The Morgan fingerprint density at radius 1 is 1.18 bits per heavy atom. The lowest BCUT2D eigenvalue weighted by atomic mass is 9.84. The minimum Gasteiger partial charge on any atom is -0.299 e. The van der Waals surface area contributed by atoms with Crippen LogP contribution in [0.3, 0.4) is 0 Å². The van der Waals surface area contributed by atoms with Gasteiger partial charge in [-0.1, -0.05) is 44.2 Å². The molecule has 2 heteroatoms. The molecule has 0 bridgehead atoms. The molecule has 0 spiro atoms. The molecule has 1 aliphatic rings. The van der Waals surface area contributed by atoms with Crippen molar-refractivity contribution < 1.29 is 4.79 Å². The van der Waals surface area contributed by atoms with Crippen LogP contribution in [-0.4, -0.2) is 23.3 Å². The summed E-state index contributed by atoms with van der Waals surface area (Å²) in [6.07, 6.45) is 0. The molecule has 0 aliphatic carbocycles. The van der Waals surface area contributed by atoms with Crippen molar-refractivity contribution in [2.24, 2.45) is 11.8 Å². The zero-order valence-electron chi connectivity index (χ0n) is 10.9. The molecule has 0 saturated carbocycles. The molecule has 1 aromatic rings. The van der Waals surface area contributed by atoms with E-state index in [1.54, 1.807) is 0 Å². The van der Waals surface area contributed by atoms with E-state index in [4.69, 9.17) is 0 Å². The van der Waals surface area contributed by atoms with Crippen LogP contribution in [0.5, 0.6) is 0 Å². The van der Waals surface area contributed by atoms with E-state index in [1.165, 1.54) is 5.56 Å². The van der Waals surface area contributed by atoms with Crippen LogP contribution in [0.4, 0.5) is 0 Å². The third-order valence-corrected chi connectivity index (χ3v) is 3.97. The Morgan fingerprint density at radius 3 is 2.47 bits per heavy atom. The monoisotopic (exact) mass is 231 g/mol. The molecule has 1 aromatic carbocycles. The topological polar surface area (TPSA) is 20.3 Å². The second kappa shape index (κ2) is 5.01. The van der Waals surface area contributed by atoms with Crippen LogP contribution in [0.25, 0.3) is 0 Å². The van der Waals surface area contributed by atoms with Crippen LogP contribution >= 0.6 is 0 Å². The number of rotatable bonds is 2. The first-order chi connectivity index (χ1) is 8.09. The first-order valence-corrected chi connectivity index (χ1v) is 6.41. The Bertz CT molecular complexity index is 387. The van der Waals surface area contributed by atoms with Gasteiger partial charge >= 0.3 is 0 Å².